The molecule has 0 aromatic carbocycles. The molecule has 0 saturated heterocycles. The number of hydrogen-bond acceptors (Lipinski definition) is 3. The highest BCUT2D eigenvalue weighted by Gasteiger charge is 2.33. The van der Waals surface area contributed by atoms with Gasteiger partial charge in [-0.3, -0.25) is 9.59 Å². The number of aliphatic carboxylic acids is 1. The van der Waals surface area contributed by atoms with Crippen molar-refractivity contribution in [3.8, 4) is 0 Å². The lowest BCUT2D eigenvalue weighted by molar-refractivity contribution is -0.158. The van der Waals surface area contributed by atoms with E-state index in [1.165, 1.54) is 0 Å². The Kier molecular flexibility index (Phi) is 10.2. The van der Waals surface area contributed by atoms with Gasteiger partial charge in [-0.05, 0) is 19.3 Å². The van der Waals surface area contributed by atoms with Gasteiger partial charge in [-0.15, -0.1) is 0 Å². The fourth-order valence-electron chi connectivity index (χ4n) is 2.14. The van der Waals surface area contributed by atoms with Crippen LogP contribution in [0.4, 0.5) is 0 Å². The predicted octanol–water partition coefficient (Wildman–Crippen LogP) is 3.64. The summed E-state index contributed by atoms with van der Waals surface area (Å²) in [6, 6.07) is 0. The normalized spacial score (nSPS) is 13.8. The Labute approximate surface area is 116 Å². The van der Waals surface area contributed by atoms with Gasteiger partial charge in [0.15, 0.2) is 0 Å². The minimum atomic E-state index is -0.872. The Morgan fingerprint density at radius 2 is 1.47 bits per heavy atom. The number of rotatable bonds is 11. The molecule has 1 N–H and O–H groups in total. The number of carbonyl (C=O) groups is 2. The lowest BCUT2D eigenvalue weighted by Gasteiger charge is -2.22. The zero-order valence-corrected chi connectivity index (χ0v) is 12.5. The maximum Gasteiger partial charge on any atom is 0.309 e. The average Bonchev–Trinajstić information content (AvgIpc) is 2.39. The van der Waals surface area contributed by atoms with E-state index < -0.39 is 17.8 Å². The van der Waals surface area contributed by atoms with E-state index in [-0.39, 0.29) is 5.97 Å². The zero-order chi connectivity index (χ0) is 14.7. The first kappa shape index (κ1) is 17.9. The van der Waals surface area contributed by atoms with E-state index in [4.69, 9.17) is 4.74 Å². The summed E-state index contributed by atoms with van der Waals surface area (Å²) in [6.45, 7) is 6.37. The molecule has 112 valence electrons. The van der Waals surface area contributed by atoms with Crippen molar-refractivity contribution in [2.24, 2.45) is 11.8 Å². The summed E-state index contributed by atoms with van der Waals surface area (Å²) >= 11 is 0. The first-order valence-corrected chi connectivity index (χ1v) is 7.47. The quantitative estimate of drug-likeness (QED) is 0.583. The van der Waals surface area contributed by atoms with Gasteiger partial charge in [0.05, 0.1) is 18.4 Å². The smallest absolute Gasteiger partial charge is 0.309 e. The third-order valence-electron chi connectivity index (χ3n) is 3.29. The molecule has 0 aromatic heterocycles. The fourth-order valence-corrected chi connectivity index (χ4v) is 2.14. The molecular weight excluding hydrogens is 244 g/mol. The molecule has 0 bridgehead atoms. The molecule has 0 aliphatic heterocycles. The highest BCUT2D eigenvalue weighted by Crippen LogP contribution is 2.26. The number of carboxylic acids is 1. The second-order valence-electron chi connectivity index (χ2n) is 5.00. The first-order chi connectivity index (χ1) is 9.08. The summed E-state index contributed by atoms with van der Waals surface area (Å²) in [5.41, 5.74) is 0. The Bertz CT molecular complexity index is 263. The van der Waals surface area contributed by atoms with Crippen molar-refractivity contribution in [3.63, 3.8) is 0 Å². The second-order valence-corrected chi connectivity index (χ2v) is 5.00. The molecule has 0 amide bonds. The molecule has 0 heterocycles. The van der Waals surface area contributed by atoms with Crippen LogP contribution in [-0.2, 0) is 14.3 Å². The minimum Gasteiger partial charge on any atom is -0.481 e. The van der Waals surface area contributed by atoms with Crippen LogP contribution in [0.15, 0.2) is 0 Å². The van der Waals surface area contributed by atoms with Gasteiger partial charge in [-0.1, -0.05) is 46.5 Å². The molecule has 4 nitrogen and oxygen atoms in total. The Balaban J connectivity index is 4.73. The molecule has 19 heavy (non-hydrogen) atoms. The lowest BCUT2D eigenvalue weighted by atomic mass is 9.84. The van der Waals surface area contributed by atoms with Crippen LogP contribution in [0.5, 0.6) is 0 Å². The van der Waals surface area contributed by atoms with Crippen molar-refractivity contribution in [1.29, 1.82) is 0 Å². The van der Waals surface area contributed by atoms with Crippen LogP contribution in [0, 0.1) is 11.8 Å². The highest BCUT2D eigenvalue weighted by atomic mass is 16.5. The number of hydrogen-bond donors (Lipinski definition) is 1. The molecule has 4 heteroatoms. The summed E-state index contributed by atoms with van der Waals surface area (Å²) in [5.74, 6) is -2.30. The first-order valence-electron chi connectivity index (χ1n) is 7.47. The summed E-state index contributed by atoms with van der Waals surface area (Å²) < 4.78 is 5.16. The average molecular weight is 272 g/mol. The molecule has 0 spiro atoms. The van der Waals surface area contributed by atoms with Gasteiger partial charge in [0.1, 0.15) is 0 Å². The Hall–Kier alpha value is -1.06. The van der Waals surface area contributed by atoms with Crippen LogP contribution < -0.4 is 0 Å². The topological polar surface area (TPSA) is 63.6 Å². The molecule has 2 atom stereocenters. The second kappa shape index (κ2) is 10.8. The summed E-state index contributed by atoms with van der Waals surface area (Å²) in [4.78, 5) is 23.4. The maximum absolute atomic E-state index is 12.0. The van der Waals surface area contributed by atoms with Crippen LogP contribution in [0.3, 0.4) is 0 Å². The third kappa shape index (κ3) is 7.19. The van der Waals surface area contributed by atoms with Crippen molar-refractivity contribution in [2.75, 3.05) is 6.61 Å². The van der Waals surface area contributed by atoms with E-state index in [9.17, 15) is 14.7 Å². The molecule has 0 saturated carbocycles. The van der Waals surface area contributed by atoms with Gasteiger partial charge in [0.2, 0.25) is 0 Å². The van der Waals surface area contributed by atoms with Crippen LogP contribution in [-0.4, -0.2) is 23.7 Å². The Morgan fingerprint density at radius 3 is 1.89 bits per heavy atom. The fraction of sp³-hybridized carbons (Fsp3) is 0.867. The van der Waals surface area contributed by atoms with E-state index in [1.54, 1.807) is 0 Å². The van der Waals surface area contributed by atoms with Gasteiger partial charge in [0, 0.05) is 0 Å². The SMILES string of the molecule is CCCC[C@H](C(=O)O)[C@@H](CCCC)C(=O)OCCC. The maximum atomic E-state index is 12.0. The van der Waals surface area contributed by atoms with E-state index in [2.05, 4.69) is 0 Å². The molecule has 0 aliphatic carbocycles. The molecule has 0 fully saturated rings. The van der Waals surface area contributed by atoms with Gasteiger partial charge >= 0.3 is 11.9 Å². The largest absolute Gasteiger partial charge is 0.481 e. The third-order valence-corrected chi connectivity index (χ3v) is 3.29. The van der Waals surface area contributed by atoms with Gasteiger partial charge < -0.3 is 9.84 Å². The van der Waals surface area contributed by atoms with Crippen molar-refractivity contribution in [1.82, 2.24) is 0 Å². The summed E-state index contributed by atoms with van der Waals surface area (Å²) in [5, 5.41) is 9.34. The van der Waals surface area contributed by atoms with Gasteiger partial charge in [-0.2, -0.15) is 0 Å². The number of carbonyl (C=O) groups excluding carboxylic acids is 1. The van der Waals surface area contributed by atoms with Crippen molar-refractivity contribution >= 4 is 11.9 Å². The number of carboxylic acid groups (broad SMARTS) is 1. The van der Waals surface area contributed by atoms with E-state index >= 15 is 0 Å². The standard InChI is InChI=1S/C15H28O4/c1-4-7-9-12(14(16)17)13(10-8-5-2)15(18)19-11-6-3/h12-13H,4-11H2,1-3H3,(H,16,17)/t12-,13+/m0/s1. The molecular formula is C15H28O4. The summed E-state index contributed by atoms with van der Waals surface area (Å²) in [6.07, 6.45) is 5.52. The molecule has 0 rings (SSSR count). The van der Waals surface area contributed by atoms with Gasteiger partial charge in [-0.25, -0.2) is 0 Å². The van der Waals surface area contributed by atoms with E-state index in [0.717, 1.165) is 32.1 Å². The number of esters is 1. The Morgan fingerprint density at radius 1 is 0.947 bits per heavy atom. The molecule has 0 radical (unpaired) electrons. The highest BCUT2D eigenvalue weighted by molar-refractivity contribution is 5.81. The zero-order valence-electron chi connectivity index (χ0n) is 12.5. The van der Waals surface area contributed by atoms with E-state index in [0.29, 0.717) is 19.4 Å². The minimum absolute atomic E-state index is 0.334. The van der Waals surface area contributed by atoms with E-state index in [1.807, 2.05) is 20.8 Å². The number of unbranched alkanes of at least 4 members (excludes halogenated alkanes) is 2. The van der Waals surface area contributed by atoms with Crippen LogP contribution in [0.25, 0.3) is 0 Å². The monoisotopic (exact) mass is 272 g/mol. The van der Waals surface area contributed by atoms with Crippen molar-refractivity contribution < 1.29 is 19.4 Å². The number of ether oxygens (including phenoxy) is 1. The van der Waals surface area contributed by atoms with Crippen LogP contribution in [0.2, 0.25) is 0 Å². The molecule has 0 aliphatic rings. The van der Waals surface area contributed by atoms with Crippen LogP contribution in [0.1, 0.15) is 65.7 Å². The molecule has 0 aromatic rings. The molecule has 0 unspecified atom stereocenters. The predicted molar refractivity (Wildman–Crippen MR) is 74.9 cm³/mol. The summed E-state index contributed by atoms with van der Waals surface area (Å²) in [7, 11) is 0. The van der Waals surface area contributed by atoms with Crippen molar-refractivity contribution in [3.05, 3.63) is 0 Å². The van der Waals surface area contributed by atoms with Gasteiger partial charge in [0.25, 0.3) is 0 Å². The lowest BCUT2D eigenvalue weighted by Crippen LogP contribution is -2.31. The van der Waals surface area contributed by atoms with Crippen LogP contribution >= 0.6 is 0 Å². The van der Waals surface area contributed by atoms with Crippen molar-refractivity contribution in [2.45, 2.75) is 65.7 Å².